The summed E-state index contributed by atoms with van der Waals surface area (Å²) in [5.74, 6) is 1.22. The highest BCUT2D eigenvalue weighted by Gasteiger charge is 2.15. The van der Waals surface area contributed by atoms with Gasteiger partial charge in [0.05, 0.1) is 18.0 Å². The molecule has 0 saturated carbocycles. The summed E-state index contributed by atoms with van der Waals surface area (Å²) in [5.41, 5.74) is 0. The monoisotopic (exact) mass is 267 g/mol. The molecule has 0 fully saturated rings. The van der Waals surface area contributed by atoms with E-state index in [1.807, 2.05) is 17.5 Å². The van der Waals surface area contributed by atoms with Crippen molar-refractivity contribution in [1.29, 1.82) is 0 Å². The summed E-state index contributed by atoms with van der Waals surface area (Å²) in [6.07, 6.45) is 0. The third-order valence-corrected chi connectivity index (χ3v) is 3.53. The molecule has 2 heterocycles. The van der Waals surface area contributed by atoms with Gasteiger partial charge in [-0.1, -0.05) is 11.2 Å². The van der Waals surface area contributed by atoms with Crippen molar-refractivity contribution in [3.8, 4) is 10.7 Å². The summed E-state index contributed by atoms with van der Waals surface area (Å²) in [4.78, 5) is 7.46. The molecule has 0 bridgehead atoms. The Balaban J connectivity index is 2.06. The quantitative estimate of drug-likeness (QED) is 0.867. The standard InChI is InChI=1S/C12H17N3O2S/c1-9(2)15(5-6-16)8-11-13-12(14-17-11)10-4-3-7-18-10/h3-4,7,9,16H,5-6,8H2,1-2H3. The van der Waals surface area contributed by atoms with Gasteiger partial charge in [0.15, 0.2) is 0 Å². The highest BCUT2D eigenvalue weighted by molar-refractivity contribution is 7.13. The number of aromatic nitrogens is 2. The lowest BCUT2D eigenvalue weighted by Crippen LogP contribution is -2.33. The molecule has 0 aromatic carbocycles. The molecule has 2 aromatic rings. The maximum atomic E-state index is 9.01. The Hall–Kier alpha value is -1.24. The van der Waals surface area contributed by atoms with Crippen LogP contribution in [0, 0.1) is 0 Å². The molecule has 0 amide bonds. The average molecular weight is 267 g/mol. The summed E-state index contributed by atoms with van der Waals surface area (Å²) >= 11 is 1.59. The van der Waals surface area contributed by atoms with Crippen molar-refractivity contribution in [3.05, 3.63) is 23.4 Å². The Bertz CT molecular complexity index is 467. The Morgan fingerprint density at radius 3 is 2.94 bits per heavy atom. The maximum absolute atomic E-state index is 9.01. The minimum Gasteiger partial charge on any atom is -0.395 e. The molecule has 5 nitrogen and oxygen atoms in total. The zero-order valence-corrected chi connectivity index (χ0v) is 11.4. The highest BCUT2D eigenvalue weighted by atomic mass is 32.1. The zero-order valence-electron chi connectivity index (χ0n) is 10.5. The van der Waals surface area contributed by atoms with Crippen LogP contribution in [0.2, 0.25) is 0 Å². The van der Waals surface area contributed by atoms with E-state index in [1.165, 1.54) is 0 Å². The first-order chi connectivity index (χ1) is 8.70. The van der Waals surface area contributed by atoms with Crippen LogP contribution in [0.25, 0.3) is 10.7 Å². The van der Waals surface area contributed by atoms with Gasteiger partial charge in [-0.05, 0) is 25.3 Å². The van der Waals surface area contributed by atoms with Crippen LogP contribution >= 0.6 is 11.3 Å². The molecule has 6 heteroatoms. The second-order valence-corrected chi connectivity index (χ2v) is 5.22. The minimum absolute atomic E-state index is 0.129. The predicted octanol–water partition coefficient (Wildman–Crippen LogP) is 2.00. The third-order valence-electron chi connectivity index (χ3n) is 2.67. The van der Waals surface area contributed by atoms with Crippen molar-refractivity contribution >= 4 is 11.3 Å². The van der Waals surface area contributed by atoms with Gasteiger partial charge in [-0.15, -0.1) is 11.3 Å². The van der Waals surface area contributed by atoms with Crippen LogP contribution in [-0.4, -0.2) is 39.3 Å². The van der Waals surface area contributed by atoms with E-state index in [0.717, 1.165) is 4.88 Å². The Morgan fingerprint density at radius 2 is 2.33 bits per heavy atom. The lowest BCUT2D eigenvalue weighted by atomic mass is 10.3. The van der Waals surface area contributed by atoms with Crippen LogP contribution in [0.4, 0.5) is 0 Å². The highest BCUT2D eigenvalue weighted by Crippen LogP contribution is 2.21. The molecule has 0 atom stereocenters. The molecule has 0 aliphatic carbocycles. The summed E-state index contributed by atoms with van der Waals surface area (Å²) < 4.78 is 5.24. The fraction of sp³-hybridized carbons (Fsp3) is 0.500. The fourth-order valence-corrected chi connectivity index (χ4v) is 2.30. The SMILES string of the molecule is CC(C)N(CCO)Cc1nc(-c2cccs2)no1. The predicted molar refractivity (Wildman–Crippen MR) is 70.2 cm³/mol. The minimum atomic E-state index is 0.129. The Kier molecular flexibility index (Phi) is 4.46. The van der Waals surface area contributed by atoms with Crippen molar-refractivity contribution in [2.45, 2.75) is 26.4 Å². The molecular formula is C12H17N3O2S. The summed E-state index contributed by atoms with van der Waals surface area (Å²) in [7, 11) is 0. The molecule has 0 saturated heterocycles. The van der Waals surface area contributed by atoms with Gasteiger partial charge < -0.3 is 9.63 Å². The van der Waals surface area contributed by atoms with Gasteiger partial charge in [0.1, 0.15) is 0 Å². The Labute approximate surface area is 110 Å². The molecule has 18 heavy (non-hydrogen) atoms. The zero-order chi connectivity index (χ0) is 13.0. The Morgan fingerprint density at radius 1 is 1.50 bits per heavy atom. The van der Waals surface area contributed by atoms with Crippen molar-refractivity contribution in [2.24, 2.45) is 0 Å². The van der Waals surface area contributed by atoms with Crippen LogP contribution in [0.5, 0.6) is 0 Å². The molecule has 1 N–H and O–H groups in total. The second kappa shape index (κ2) is 6.08. The lowest BCUT2D eigenvalue weighted by molar-refractivity contribution is 0.144. The van der Waals surface area contributed by atoms with Crippen LogP contribution in [0.1, 0.15) is 19.7 Å². The number of thiophene rings is 1. The summed E-state index contributed by atoms with van der Waals surface area (Å²) in [6, 6.07) is 4.25. The number of aliphatic hydroxyl groups is 1. The number of aliphatic hydroxyl groups excluding tert-OH is 1. The van der Waals surface area contributed by atoms with Crippen molar-refractivity contribution in [2.75, 3.05) is 13.2 Å². The first-order valence-corrected chi connectivity index (χ1v) is 6.80. The van der Waals surface area contributed by atoms with E-state index in [2.05, 4.69) is 28.9 Å². The first kappa shape index (κ1) is 13.2. The van der Waals surface area contributed by atoms with Gasteiger partial charge in [-0.25, -0.2) is 0 Å². The normalized spacial score (nSPS) is 11.6. The van der Waals surface area contributed by atoms with E-state index in [4.69, 9.17) is 9.63 Å². The largest absolute Gasteiger partial charge is 0.395 e. The molecule has 2 rings (SSSR count). The van der Waals surface area contributed by atoms with Gasteiger partial charge in [0.25, 0.3) is 0 Å². The van der Waals surface area contributed by atoms with Gasteiger partial charge in [0.2, 0.25) is 11.7 Å². The summed E-state index contributed by atoms with van der Waals surface area (Å²) in [6.45, 7) is 5.45. The number of nitrogens with zero attached hydrogens (tertiary/aromatic N) is 3. The number of hydrogen-bond donors (Lipinski definition) is 1. The molecule has 0 spiro atoms. The van der Waals surface area contributed by atoms with E-state index in [9.17, 15) is 0 Å². The van der Waals surface area contributed by atoms with Crippen LogP contribution in [0.3, 0.4) is 0 Å². The smallest absolute Gasteiger partial charge is 0.241 e. The molecule has 0 unspecified atom stereocenters. The topological polar surface area (TPSA) is 62.4 Å². The van der Waals surface area contributed by atoms with E-state index >= 15 is 0 Å². The molecule has 2 aromatic heterocycles. The van der Waals surface area contributed by atoms with Crippen LogP contribution in [-0.2, 0) is 6.54 Å². The van der Waals surface area contributed by atoms with E-state index in [1.54, 1.807) is 11.3 Å². The van der Waals surface area contributed by atoms with Crippen LogP contribution < -0.4 is 0 Å². The van der Waals surface area contributed by atoms with Crippen molar-refractivity contribution in [1.82, 2.24) is 15.0 Å². The maximum Gasteiger partial charge on any atom is 0.241 e. The van der Waals surface area contributed by atoms with Gasteiger partial charge >= 0.3 is 0 Å². The molecule has 0 radical (unpaired) electrons. The number of rotatable bonds is 6. The fourth-order valence-electron chi connectivity index (χ4n) is 1.65. The average Bonchev–Trinajstić information content (AvgIpc) is 2.98. The third kappa shape index (κ3) is 3.16. The van der Waals surface area contributed by atoms with Gasteiger partial charge in [0, 0.05) is 12.6 Å². The van der Waals surface area contributed by atoms with E-state index in [0.29, 0.717) is 30.8 Å². The summed E-state index contributed by atoms with van der Waals surface area (Å²) in [5, 5.41) is 15.0. The first-order valence-electron chi connectivity index (χ1n) is 5.92. The van der Waals surface area contributed by atoms with Gasteiger partial charge in [-0.2, -0.15) is 4.98 Å². The van der Waals surface area contributed by atoms with Crippen molar-refractivity contribution < 1.29 is 9.63 Å². The van der Waals surface area contributed by atoms with E-state index in [-0.39, 0.29) is 6.61 Å². The molecular weight excluding hydrogens is 250 g/mol. The van der Waals surface area contributed by atoms with Crippen molar-refractivity contribution in [3.63, 3.8) is 0 Å². The molecule has 98 valence electrons. The van der Waals surface area contributed by atoms with Crippen LogP contribution in [0.15, 0.2) is 22.0 Å². The van der Waals surface area contributed by atoms with Gasteiger partial charge in [-0.3, -0.25) is 4.90 Å². The lowest BCUT2D eigenvalue weighted by Gasteiger charge is -2.23. The second-order valence-electron chi connectivity index (χ2n) is 4.28. The molecule has 0 aliphatic heterocycles. The number of hydrogen-bond acceptors (Lipinski definition) is 6. The van der Waals surface area contributed by atoms with E-state index < -0.39 is 0 Å². The molecule has 0 aliphatic rings.